The van der Waals surface area contributed by atoms with E-state index in [1.165, 1.54) is 12.1 Å². The first-order valence-corrected chi connectivity index (χ1v) is 7.69. The first-order chi connectivity index (χ1) is 10.9. The van der Waals surface area contributed by atoms with E-state index in [1.807, 2.05) is 0 Å². The Morgan fingerprint density at radius 1 is 1.04 bits per heavy atom. The molecule has 0 aliphatic carbocycles. The summed E-state index contributed by atoms with van der Waals surface area (Å²) < 4.78 is 6.69. The number of nitro groups is 2. The zero-order valence-corrected chi connectivity index (χ0v) is 14.3. The van der Waals surface area contributed by atoms with Crippen LogP contribution in [0.15, 0.2) is 43.7 Å². The molecule has 0 fully saturated rings. The minimum atomic E-state index is -0.612. The molecule has 115 valence electrons. The molecule has 0 saturated carbocycles. The van der Waals surface area contributed by atoms with Crippen LogP contribution in [0.1, 0.15) is 0 Å². The van der Waals surface area contributed by atoms with Gasteiger partial charge in [-0.2, -0.15) is 0 Å². The Bertz CT molecular complexity index is 947. The fourth-order valence-corrected chi connectivity index (χ4v) is 3.52. The first kappa shape index (κ1) is 15.6. The van der Waals surface area contributed by atoms with E-state index in [0.717, 1.165) is 6.07 Å². The van der Waals surface area contributed by atoms with E-state index in [-0.39, 0.29) is 28.1 Å². The lowest BCUT2D eigenvalue weighted by Crippen LogP contribution is -1.91. The van der Waals surface area contributed by atoms with Crippen molar-refractivity contribution >= 4 is 54.2 Å². The average molecular weight is 441 g/mol. The van der Waals surface area contributed by atoms with E-state index in [4.69, 9.17) is 4.42 Å². The SMILES string of the molecule is O=[N+]([O-])c1ccc2oc(-c3c(Br)c[c]cc3Br)c([N+](=O)[O-])c2c1. The summed E-state index contributed by atoms with van der Waals surface area (Å²) in [6.07, 6.45) is 0. The van der Waals surface area contributed by atoms with Gasteiger partial charge >= 0.3 is 5.69 Å². The quantitative estimate of drug-likeness (QED) is 0.409. The van der Waals surface area contributed by atoms with Gasteiger partial charge in [0.25, 0.3) is 5.69 Å². The summed E-state index contributed by atoms with van der Waals surface area (Å²) in [4.78, 5) is 21.2. The molecule has 23 heavy (non-hydrogen) atoms. The minimum absolute atomic E-state index is 0.0123. The van der Waals surface area contributed by atoms with Gasteiger partial charge < -0.3 is 4.42 Å². The van der Waals surface area contributed by atoms with Gasteiger partial charge in [-0.05, 0) is 56.1 Å². The summed E-state index contributed by atoms with van der Waals surface area (Å²) in [6, 6.07) is 9.77. The number of nitro benzene ring substituents is 1. The third kappa shape index (κ3) is 2.62. The number of benzene rings is 2. The van der Waals surface area contributed by atoms with Gasteiger partial charge in [-0.1, -0.05) is 0 Å². The molecule has 0 unspecified atom stereocenters. The van der Waals surface area contributed by atoms with Gasteiger partial charge in [0.2, 0.25) is 5.76 Å². The molecule has 0 saturated heterocycles. The van der Waals surface area contributed by atoms with Crippen LogP contribution >= 0.6 is 31.9 Å². The van der Waals surface area contributed by atoms with Crippen LogP contribution in [0, 0.1) is 26.3 Å². The molecular formula is C14H5Br2N2O5. The zero-order valence-electron chi connectivity index (χ0n) is 11.1. The van der Waals surface area contributed by atoms with E-state index in [0.29, 0.717) is 14.5 Å². The number of hydrogen-bond acceptors (Lipinski definition) is 5. The van der Waals surface area contributed by atoms with Gasteiger partial charge in [0.15, 0.2) is 0 Å². The van der Waals surface area contributed by atoms with Crippen LogP contribution in [0.25, 0.3) is 22.3 Å². The van der Waals surface area contributed by atoms with Crippen molar-refractivity contribution in [3.63, 3.8) is 0 Å². The lowest BCUT2D eigenvalue weighted by Gasteiger charge is -2.03. The molecule has 0 bridgehead atoms. The summed E-state index contributed by atoms with van der Waals surface area (Å²) in [6.45, 7) is 0. The average Bonchev–Trinajstić information content (AvgIpc) is 2.84. The highest BCUT2D eigenvalue weighted by Crippen LogP contribution is 2.45. The number of rotatable bonds is 3. The summed E-state index contributed by atoms with van der Waals surface area (Å²) in [7, 11) is 0. The zero-order chi connectivity index (χ0) is 16.7. The number of hydrogen-bond donors (Lipinski definition) is 0. The van der Waals surface area contributed by atoms with E-state index in [1.54, 1.807) is 12.1 Å². The maximum absolute atomic E-state index is 11.5. The van der Waals surface area contributed by atoms with Crippen LogP contribution in [0.5, 0.6) is 0 Å². The summed E-state index contributed by atoms with van der Waals surface area (Å²) in [5, 5.41) is 22.5. The van der Waals surface area contributed by atoms with Crippen LogP contribution in [-0.4, -0.2) is 9.85 Å². The Labute approximate surface area is 145 Å². The Kier molecular flexibility index (Phi) is 3.90. The molecule has 7 nitrogen and oxygen atoms in total. The molecule has 0 atom stereocenters. The summed E-state index contributed by atoms with van der Waals surface area (Å²) in [5.41, 5.74) is 0.0713. The monoisotopic (exact) mass is 439 g/mol. The third-order valence-electron chi connectivity index (χ3n) is 3.16. The number of furan rings is 1. The largest absolute Gasteiger partial charge is 0.448 e. The van der Waals surface area contributed by atoms with E-state index in [2.05, 4.69) is 37.9 Å². The first-order valence-electron chi connectivity index (χ1n) is 6.11. The van der Waals surface area contributed by atoms with Gasteiger partial charge in [0.1, 0.15) is 11.0 Å². The number of non-ortho nitro benzene ring substituents is 1. The van der Waals surface area contributed by atoms with Crippen molar-refractivity contribution in [2.45, 2.75) is 0 Å². The lowest BCUT2D eigenvalue weighted by atomic mass is 10.1. The van der Waals surface area contributed by atoms with Crippen LogP contribution in [0.3, 0.4) is 0 Å². The molecule has 0 spiro atoms. The van der Waals surface area contributed by atoms with Crippen molar-refractivity contribution in [1.29, 1.82) is 0 Å². The highest BCUT2D eigenvalue weighted by Gasteiger charge is 2.29. The highest BCUT2D eigenvalue weighted by atomic mass is 79.9. The van der Waals surface area contributed by atoms with Crippen molar-refractivity contribution in [2.75, 3.05) is 0 Å². The van der Waals surface area contributed by atoms with E-state index in [9.17, 15) is 20.2 Å². The Balaban J connectivity index is 2.40. The number of fused-ring (bicyclic) bond motifs is 1. The fourth-order valence-electron chi connectivity index (χ4n) is 2.20. The van der Waals surface area contributed by atoms with Gasteiger partial charge in [-0.3, -0.25) is 20.2 Å². The lowest BCUT2D eigenvalue weighted by molar-refractivity contribution is -0.385. The second-order valence-corrected chi connectivity index (χ2v) is 6.21. The van der Waals surface area contributed by atoms with Crippen molar-refractivity contribution in [2.24, 2.45) is 0 Å². The smallest absolute Gasteiger partial charge is 0.323 e. The summed E-state index contributed by atoms with van der Waals surface area (Å²) >= 11 is 6.62. The Hall–Kier alpha value is -2.26. The molecule has 0 aliphatic heterocycles. The molecule has 3 aromatic rings. The molecule has 1 heterocycles. The third-order valence-corrected chi connectivity index (χ3v) is 4.41. The number of halogens is 2. The van der Waals surface area contributed by atoms with Crippen LogP contribution in [0.4, 0.5) is 11.4 Å². The molecule has 3 rings (SSSR count). The Morgan fingerprint density at radius 3 is 2.26 bits per heavy atom. The fraction of sp³-hybridized carbons (Fsp3) is 0. The minimum Gasteiger partial charge on any atom is -0.448 e. The normalized spacial score (nSPS) is 10.9. The molecular weight excluding hydrogens is 436 g/mol. The molecule has 0 aliphatic rings. The van der Waals surface area contributed by atoms with Gasteiger partial charge in [0.05, 0.1) is 15.4 Å². The maximum atomic E-state index is 11.5. The molecule has 0 amide bonds. The second-order valence-electron chi connectivity index (χ2n) is 4.50. The van der Waals surface area contributed by atoms with Gasteiger partial charge in [-0.15, -0.1) is 0 Å². The van der Waals surface area contributed by atoms with Crippen LogP contribution in [-0.2, 0) is 0 Å². The topological polar surface area (TPSA) is 99.4 Å². The van der Waals surface area contributed by atoms with Crippen LogP contribution < -0.4 is 0 Å². The van der Waals surface area contributed by atoms with Crippen molar-refractivity contribution in [3.8, 4) is 11.3 Å². The molecule has 9 heteroatoms. The maximum Gasteiger partial charge on any atom is 0.323 e. The predicted octanol–water partition coefficient (Wildman–Crippen LogP) is 5.24. The standard InChI is InChI=1S/C14H5Br2N2O5/c15-9-2-1-3-10(16)12(9)14-13(18(21)22)8-6-7(17(19)20)4-5-11(8)23-14/h2-6H. The van der Waals surface area contributed by atoms with E-state index < -0.39 is 9.85 Å². The van der Waals surface area contributed by atoms with Crippen molar-refractivity contribution < 1.29 is 14.3 Å². The molecule has 1 radical (unpaired) electrons. The molecule has 2 aromatic carbocycles. The molecule has 1 aromatic heterocycles. The van der Waals surface area contributed by atoms with E-state index >= 15 is 0 Å². The van der Waals surface area contributed by atoms with Gasteiger partial charge in [0, 0.05) is 21.1 Å². The van der Waals surface area contributed by atoms with Crippen LogP contribution in [0.2, 0.25) is 0 Å². The summed E-state index contributed by atoms with van der Waals surface area (Å²) in [5.74, 6) is 0.0123. The number of nitrogens with zero attached hydrogens (tertiary/aromatic N) is 2. The Morgan fingerprint density at radius 2 is 1.70 bits per heavy atom. The predicted molar refractivity (Wildman–Crippen MR) is 89.2 cm³/mol. The highest BCUT2D eigenvalue weighted by molar-refractivity contribution is 9.11. The second kappa shape index (κ2) is 5.74. The molecule has 0 N–H and O–H groups in total. The van der Waals surface area contributed by atoms with Crippen molar-refractivity contribution in [1.82, 2.24) is 0 Å². The van der Waals surface area contributed by atoms with Gasteiger partial charge in [-0.25, -0.2) is 0 Å². The van der Waals surface area contributed by atoms with Crippen molar-refractivity contribution in [3.05, 3.63) is 65.6 Å².